The van der Waals surface area contributed by atoms with Crippen LogP contribution in [-0.2, 0) is 14.2 Å². The zero-order valence-corrected chi connectivity index (χ0v) is 9.73. The van der Waals surface area contributed by atoms with Crippen molar-refractivity contribution in [3.63, 3.8) is 0 Å². The molecule has 2 aliphatic heterocycles. The minimum absolute atomic E-state index is 0.316. The van der Waals surface area contributed by atoms with Crippen LogP contribution < -0.4 is 0 Å². The van der Waals surface area contributed by atoms with Gasteiger partial charge in [-0.3, -0.25) is 0 Å². The second-order valence-corrected chi connectivity index (χ2v) is 4.25. The van der Waals surface area contributed by atoms with Crippen LogP contribution in [0.3, 0.4) is 0 Å². The Bertz CT molecular complexity index is 308. The number of fused-ring (bicyclic) bond motifs is 2. The minimum atomic E-state index is -0.805. The predicted molar refractivity (Wildman–Crippen MR) is 58.2 cm³/mol. The third-order valence-electron chi connectivity index (χ3n) is 3.06. The van der Waals surface area contributed by atoms with E-state index in [1.165, 1.54) is 0 Å². The van der Waals surface area contributed by atoms with Crippen molar-refractivity contribution in [3.05, 3.63) is 10.4 Å². The largest absolute Gasteiger partial charge is 0.388 e. The number of aliphatic hydroxyl groups is 1. The SMILES string of the molecule is CCCCOC1C(N=[N+]=[N-])[C@@H]2OCC(O2)[C@H]1O. The monoisotopic (exact) mass is 243 g/mol. The summed E-state index contributed by atoms with van der Waals surface area (Å²) in [5, 5.41) is 13.7. The van der Waals surface area contributed by atoms with E-state index in [1.807, 2.05) is 0 Å². The Hall–Kier alpha value is -0.850. The number of hydrogen-bond acceptors (Lipinski definition) is 5. The maximum absolute atomic E-state index is 10.0. The van der Waals surface area contributed by atoms with E-state index in [4.69, 9.17) is 19.7 Å². The third kappa shape index (κ3) is 2.53. The summed E-state index contributed by atoms with van der Waals surface area (Å²) in [6, 6.07) is -0.620. The first-order valence-corrected chi connectivity index (χ1v) is 5.89. The normalized spacial score (nSPS) is 40.0. The van der Waals surface area contributed by atoms with Gasteiger partial charge in [-0.05, 0) is 12.0 Å². The van der Waals surface area contributed by atoms with Crippen LogP contribution in [0.15, 0.2) is 5.11 Å². The number of rotatable bonds is 5. The highest BCUT2D eigenvalue weighted by molar-refractivity contribution is 4.97. The first kappa shape index (κ1) is 12.6. The Balaban J connectivity index is 2.05. The van der Waals surface area contributed by atoms with E-state index < -0.39 is 24.5 Å². The molecule has 2 rings (SSSR count). The molecule has 5 atom stereocenters. The highest BCUT2D eigenvalue weighted by Crippen LogP contribution is 2.31. The molecule has 2 bridgehead atoms. The molecular formula is C10H17N3O4. The maximum Gasteiger partial charge on any atom is 0.169 e. The van der Waals surface area contributed by atoms with Gasteiger partial charge in [0.1, 0.15) is 18.2 Å². The second kappa shape index (κ2) is 5.66. The molecule has 7 heteroatoms. The fraction of sp³-hybridized carbons (Fsp3) is 1.00. The summed E-state index contributed by atoms with van der Waals surface area (Å²) in [6.07, 6.45) is -0.398. The van der Waals surface area contributed by atoms with Crippen molar-refractivity contribution < 1.29 is 19.3 Å². The van der Waals surface area contributed by atoms with Crippen LogP contribution in [0.4, 0.5) is 0 Å². The van der Waals surface area contributed by atoms with E-state index in [0.717, 1.165) is 12.8 Å². The molecular weight excluding hydrogens is 226 g/mol. The Kier molecular flexibility index (Phi) is 4.20. The molecule has 0 saturated carbocycles. The van der Waals surface area contributed by atoms with Crippen molar-refractivity contribution in [3.8, 4) is 0 Å². The smallest absolute Gasteiger partial charge is 0.169 e. The lowest BCUT2D eigenvalue weighted by atomic mass is 9.99. The second-order valence-electron chi connectivity index (χ2n) is 4.25. The summed E-state index contributed by atoms with van der Waals surface area (Å²) in [5.41, 5.74) is 8.53. The highest BCUT2D eigenvalue weighted by atomic mass is 16.7. The van der Waals surface area contributed by atoms with Gasteiger partial charge in [-0.15, -0.1) is 0 Å². The van der Waals surface area contributed by atoms with Crippen molar-refractivity contribution >= 4 is 0 Å². The molecule has 7 nitrogen and oxygen atoms in total. The van der Waals surface area contributed by atoms with Crippen molar-refractivity contribution in [1.82, 2.24) is 0 Å². The molecule has 0 radical (unpaired) electrons. The van der Waals surface area contributed by atoms with E-state index in [0.29, 0.717) is 13.2 Å². The number of azide groups is 1. The van der Waals surface area contributed by atoms with Crippen molar-refractivity contribution in [2.45, 2.75) is 50.4 Å². The summed E-state index contributed by atoms with van der Waals surface area (Å²) in [4.78, 5) is 2.76. The lowest BCUT2D eigenvalue weighted by Gasteiger charge is -2.36. The zero-order chi connectivity index (χ0) is 12.3. The molecule has 2 fully saturated rings. The number of nitrogens with zero attached hydrogens (tertiary/aromatic N) is 3. The third-order valence-corrected chi connectivity index (χ3v) is 3.06. The van der Waals surface area contributed by atoms with Gasteiger partial charge in [0.25, 0.3) is 0 Å². The van der Waals surface area contributed by atoms with Gasteiger partial charge >= 0.3 is 0 Å². The molecule has 1 N–H and O–H groups in total. The van der Waals surface area contributed by atoms with Crippen LogP contribution in [-0.4, -0.2) is 49.0 Å². The first-order valence-electron chi connectivity index (χ1n) is 5.89. The summed E-state index contributed by atoms with van der Waals surface area (Å²) >= 11 is 0. The molecule has 96 valence electrons. The molecule has 2 aliphatic rings. The molecule has 0 aromatic carbocycles. The first-order chi connectivity index (χ1) is 8.27. The topological polar surface area (TPSA) is 96.7 Å². The van der Waals surface area contributed by atoms with Gasteiger partial charge in [-0.2, -0.15) is 0 Å². The lowest BCUT2D eigenvalue weighted by Crippen LogP contribution is -2.54. The molecule has 2 saturated heterocycles. The molecule has 0 aromatic rings. The van der Waals surface area contributed by atoms with E-state index in [1.54, 1.807) is 0 Å². The van der Waals surface area contributed by atoms with E-state index in [2.05, 4.69) is 16.9 Å². The molecule has 3 unspecified atom stereocenters. The number of unbranched alkanes of at least 4 members (excludes halogenated alkanes) is 1. The Morgan fingerprint density at radius 3 is 3.12 bits per heavy atom. The van der Waals surface area contributed by atoms with E-state index >= 15 is 0 Å². The zero-order valence-electron chi connectivity index (χ0n) is 9.73. The number of ether oxygens (including phenoxy) is 3. The van der Waals surface area contributed by atoms with Crippen LogP contribution in [0.1, 0.15) is 19.8 Å². The van der Waals surface area contributed by atoms with Gasteiger partial charge in [-0.1, -0.05) is 18.5 Å². The van der Waals surface area contributed by atoms with Crippen LogP contribution in [0, 0.1) is 0 Å². The summed E-state index contributed by atoms with van der Waals surface area (Å²) in [6.45, 7) is 2.91. The Labute approximate surface area is 99.3 Å². The van der Waals surface area contributed by atoms with Gasteiger partial charge in [0.15, 0.2) is 6.29 Å². The highest BCUT2D eigenvalue weighted by Gasteiger charge is 2.50. The van der Waals surface area contributed by atoms with E-state index in [9.17, 15) is 5.11 Å². The molecule has 0 aromatic heterocycles. The van der Waals surface area contributed by atoms with Crippen LogP contribution >= 0.6 is 0 Å². The Morgan fingerprint density at radius 2 is 2.41 bits per heavy atom. The lowest BCUT2D eigenvalue weighted by molar-refractivity contribution is -0.192. The number of hydrogen-bond donors (Lipinski definition) is 1. The molecule has 2 heterocycles. The maximum atomic E-state index is 10.0. The molecule has 17 heavy (non-hydrogen) atoms. The van der Waals surface area contributed by atoms with Gasteiger partial charge < -0.3 is 19.3 Å². The summed E-state index contributed by atoms with van der Waals surface area (Å²) in [5.74, 6) is 0. The molecule has 0 aliphatic carbocycles. The van der Waals surface area contributed by atoms with Gasteiger partial charge in [0.2, 0.25) is 0 Å². The van der Waals surface area contributed by atoms with E-state index in [-0.39, 0.29) is 6.10 Å². The molecule has 0 amide bonds. The summed E-state index contributed by atoms with van der Waals surface area (Å²) in [7, 11) is 0. The predicted octanol–water partition coefficient (Wildman–Crippen LogP) is 0.967. The average Bonchev–Trinajstić information content (AvgIpc) is 2.76. The summed E-state index contributed by atoms with van der Waals surface area (Å²) < 4.78 is 16.3. The van der Waals surface area contributed by atoms with Gasteiger partial charge in [0, 0.05) is 11.5 Å². The number of aliphatic hydroxyl groups excluding tert-OH is 1. The van der Waals surface area contributed by atoms with Crippen LogP contribution in [0.2, 0.25) is 0 Å². The fourth-order valence-corrected chi connectivity index (χ4v) is 2.11. The van der Waals surface area contributed by atoms with Gasteiger partial charge in [0.05, 0.1) is 12.7 Å². The Morgan fingerprint density at radius 1 is 1.59 bits per heavy atom. The quantitative estimate of drug-likeness (QED) is 0.336. The fourth-order valence-electron chi connectivity index (χ4n) is 2.11. The standard InChI is InChI=1S/C10H17N3O4/c1-2-3-4-15-9-7(12-13-11)10-16-5-6(17-10)8(9)14/h6-10,14H,2-5H2,1H3/t6?,7?,8-,9?,10-/m1/s1. The van der Waals surface area contributed by atoms with Gasteiger partial charge in [-0.25, -0.2) is 0 Å². The van der Waals surface area contributed by atoms with Crippen molar-refractivity contribution in [2.75, 3.05) is 13.2 Å². The minimum Gasteiger partial charge on any atom is -0.388 e. The average molecular weight is 243 g/mol. The van der Waals surface area contributed by atoms with Crippen molar-refractivity contribution in [2.24, 2.45) is 5.11 Å². The van der Waals surface area contributed by atoms with Crippen LogP contribution in [0.25, 0.3) is 10.4 Å². The van der Waals surface area contributed by atoms with Crippen molar-refractivity contribution in [1.29, 1.82) is 0 Å². The van der Waals surface area contributed by atoms with Crippen LogP contribution in [0.5, 0.6) is 0 Å². The molecule has 0 spiro atoms.